The molecule has 0 radical (unpaired) electrons. The van der Waals surface area contributed by atoms with Crippen molar-refractivity contribution in [1.82, 2.24) is 9.78 Å². The van der Waals surface area contributed by atoms with Crippen molar-refractivity contribution in [2.75, 3.05) is 0 Å². The highest BCUT2D eigenvalue weighted by Gasteiger charge is 2.13. The number of hydrogen-bond donors (Lipinski definition) is 1. The van der Waals surface area contributed by atoms with E-state index in [4.69, 9.17) is 16.7 Å². The third-order valence-electron chi connectivity index (χ3n) is 3.43. The fourth-order valence-corrected chi connectivity index (χ4v) is 2.62. The SMILES string of the molecule is O=C(O)n1cc(-c2cccc(Cl)c2Cc2ccccc2)cn1. The lowest BCUT2D eigenvalue weighted by Crippen LogP contribution is -2.07. The van der Waals surface area contributed by atoms with E-state index >= 15 is 0 Å². The number of benzene rings is 2. The van der Waals surface area contributed by atoms with Crippen LogP contribution in [0.2, 0.25) is 5.02 Å². The average molecular weight is 313 g/mol. The first-order valence-electron chi connectivity index (χ1n) is 6.75. The van der Waals surface area contributed by atoms with Gasteiger partial charge in [0, 0.05) is 16.8 Å². The summed E-state index contributed by atoms with van der Waals surface area (Å²) >= 11 is 6.36. The Kier molecular flexibility index (Phi) is 3.94. The summed E-state index contributed by atoms with van der Waals surface area (Å²) in [6.07, 6.45) is 2.59. The Morgan fingerprint density at radius 1 is 1.14 bits per heavy atom. The molecule has 0 fully saturated rings. The summed E-state index contributed by atoms with van der Waals surface area (Å²) < 4.78 is 0.891. The second-order valence-corrected chi connectivity index (χ2v) is 5.29. The summed E-state index contributed by atoms with van der Waals surface area (Å²) in [6, 6.07) is 15.6. The van der Waals surface area contributed by atoms with Crippen LogP contribution in [0.3, 0.4) is 0 Å². The van der Waals surface area contributed by atoms with Gasteiger partial charge in [-0.15, -0.1) is 0 Å². The van der Waals surface area contributed by atoms with E-state index in [1.54, 1.807) is 0 Å². The van der Waals surface area contributed by atoms with Crippen LogP contribution in [0.25, 0.3) is 11.1 Å². The molecule has 0 atom stereocenters. The van der Waals surface area contributed by atoms with E-state index in [0.29, 0.717) is 11.4 Å². The van der Waals surface area contributed by atoms with Gasteiger partial charge in [-0.25, -0.2) is 4.79 Å². The highest BCUT2D eigenvalue weighted by molar-refractivity contribution is 6.31. The molecule has 0 aliphatic rings. The lowest BCUT2D eigenvalue weighted by atomic mass is 9.96. The molecule has 0 saturated heterocycles. The molecular formula is C17H13ClN2O2. The van der Waals surface area contributed by atoms with Gasteiger partial charge in [-0.2, -0.15) is 9.78 Å². The van der Waals surface area contributed by atoms with Crippen LogP contribution in [0.5, 0.6) is 0 Å². The zero-order valence-electron chi connectivity index (χ0n) is 11.6. The number of carbonyl (C=O) groups is 1. The van der Waals surface area contributed by atoms with Crippen LogP contribution in [-0.2, 0) is 6.42 Å². The molecule has 3 rings (SSSR count). The first-order chi connectivity index (χ1) is 10.6. The molecule has 0 bridgehead atoms. The maximum atomic E-state index is 11.0. The molecule has 3 aromatic rings. The molecule has 0 aliphatic carbocycles. The van der Waals surface area contributed by atoms with E-state index in [2.05, 4.69) is 5.10 Å². The molecule has 1 N–H and O–H groups in total. The predicted molar refractivity (Wildman–Crippen MR) is 85.3 cm³/mol. The maximum absolute atomic E-state index is 11.0. The summed E-state index contributed by atoms with van der Waals surface area (Å²) in [6.45, 7) is 0. The fourth-order valence-electron chi connectivity index (χ4n) is 2.38. The average Bonchev–Trinajstić information content (AvgIpc) is 3.00. The quantitative estimate of drug-likeness (QED) is 0.783. The lowest BCUT2D eigenvalue weighted by Gasteiger charge is -2.10. The Morgan fingerprint density at radius 2 is 1.91 bits per heavy atom. The highest BCUT2D eigenvalue weighted by Crippen LogP contribution is 2.30. The normalized spacial score (nSPS) is 10.6. The second-order valence-electron chi connectivity index (χ2n) is 4.88. The molecule has 0 aliphatic heterocycles. The minimum absolute atomic E-state index is 0.657. The van der Waals surface area contributed by atoms with E-state index in [-0.39, 0.29) is 0 Å². The zero-order chi connectivity index (χ0) is 15.5. The third-order valence-corrected chi connectivity index (χ3v) is 3.79. The molecule has 0 unspecified atom stereocenters. The zero-order valence-corrected chi connectivity index (χ0v) is 12.4. The van der Waals surface area contributed by atoms with E-state index in [1.165, 1.54) is 12.4 Å². The predicted octanol–water partition coefficient (Wildman–Crippen LogP) is 4.32. The number of rotatable bonds is 3. The van der Waals surface area contributed by atoms with Gasteiger partial charge in [0.2, 0.25) is 0 Å². The summed E-state index contributed by atoms with van der Waals surface area (Å²) in [7, 11) is 0. The number of hydrogen-bond acceptors (Lipinski definition) is 2. The van der Waals surface area contributed by atoms with Crippen molar-refractivity contribution in [3.8, 4) is 11.1 Å². The van der Waals surface area contributed by atoms with E-state index in [9.17, 15) is 4.79 Å². The summed E-state index contributed by atoms with van der Waals surface area (Å²) in [5, 5.41) is 13.5. The number of aromatic nitrogens is 2. The van der Waals surface area contributed by atoms with E-state index in [1.807, 2.05) is 48.5 Å². The maximum Gasteiger partial charge on any atom is 0.432 e. The minimum atomic E-state index is -1.11. The first-order valence-corrected chi connectivity index (χ1v) is 7.12. The van der Waals surface area contributed by atoms with Gasteiger partial charge in [-0.3, -0.25) is 0 Å². The minimum Gasteiger partial charge on any atom is -0.463 e. The van der Waals surface area contributed by atoms with Crippen molar-refractivity contribution in [3.05, 3.63) is 77.1 Å². The first kappa shape index (κ1) is 14.4. The molecule has 2 aromatic carbocycles. The molecular weight excluding hydrogens is 300 g/mol. The lowest BCUT2D eigenvalue weighted by molar-refractivity contribution is 0.192. The molecule has 1 aromatic heterocycles. The van der Waals surface area contributed by atoms with Gasteiger partial charge in [0.15, 0.2) is 0 Å². The number of nitrogens with zero attached hydrogens (tertiary/aromatic N) is 2. The highest BCUT2D eigenvalue weighted by atomic mass is 35.5. The van der Waals surface area contributed by atoms with Crippen molar-refractivity contribution in [2.45, 2.75) is 6.42 Å². The van der Waals surface area contributed by atoms with Crippen LogP contribution >= 0.6 is 11.6 Å². The van der Waals surface area contributed by atoms with Gasteiger partial charge < -0.3 is 5.11 Å². The van der Waals surface area contributed by atoms with E-state index < -0.39 is 6.09 Å². The third kappa shape index (κ3) is 2.87. The molecule has 5 heteroatoms. The molecule has 0 saturated carbocycles. The van der Waals surface area contributed by atoms with Crippen LogP contribution in [0.15, 0.2) is 60.9 Å². The summed E-state index contributed by atoms with van der Waals surface area (Å²) in [4.78, 5) is 11.0. The molecule has 0 spiro atoms. The monoisotopic (exact) mass is 312 g/mol. The standard InChI is InChI=1S/C17H13ClN2O2/c18-16-8-4-7-14(13-10-19-20(11-13)17(21)22)15(16)9-12-5-2-1-3-6-12/h1-8,10-11H,9H2,(H,21,22). The molecule has 22 heavy (non-hydrogen) atoms. The van der Waals surface area contributed by atoms with Crippen molar-refractivity contribution in [1.29, 1.82) is 0 Å². The van der Waals surface area contributed by atoms with Crippen molar-refractivity contribution < 1.29 is 9.90 Å². The summed E-state index contributed by atoms with van der Waals surface area (Å²) in [5.41, 5.74) is 3.72. The Balaban J connectivity index is 2.04. The second kappa shape index (κ2) is 6.03. The molecule has 4 nitrogen and oxygen atoms in total. The van der Waals surface area contributed by atoms with Gasteiger partial charge in [-0.05, 0) is 29.2 Å². The van der Waals surface area contributed by atoms with Crippen LogP contribution in [0.1, 0.15) is 11.1 Å². The van der Waals surface area contributed by atoms with Gasteiger partial charge >= 0.3 is 6.09 Å². The number of halogens is 1. The Morgan fingerprint density at radius 3 is 2.59 bits per heavy atom. The molecule has 110 valence electrons. The number of carboxylic acid groups (broad SMARTS) is 1. The fraction of sp³-hybridized carbons (Fsp3) is 0.0588. The van der Waals surface area contributed by atoms with Gasteiger partial charge in [0.25, 0.3) is 0 Å². The van der Waals surface area contributed by atoms with Gasteiger partial charge in [0.1, 0.15) is 0 Å². The van der Waals surface area contributed by atoms with Gasteiger partial charge in [-0.1, -0.05) is 54.1 Å². The van der Waals surface area contributed by atoms with Crippen LogP contribution in [0.4, 0.5) is 4.79 Å². The Bertz CT molecular complexity index is 813. The smallest absolute Gasteiger partial charge is 0.432 e. The van der Waals surface area contributed by atoms with Gasteiger partial charge in [0.05, 0.1) is 6.20 Å². The van der Waals surface area contributed by atoms with E-state index in [0.717, 1.165) is 26.9 Å². The van der Waals surface area contributed by atoms with Crippen molar-refractivity contribution in [3.63, 3.8) is 0 Å². The van der Waals surface area contributed by atoms with Crippen LogP contribution in [-0.4, -0.2) is 21.0 Å². The summed E-state index contributed by atoms with van der Waals surface area (Å²) in [5.74, 6) is 0. The van der Waals surface area contributed by atoms with Crippen LogP contribution in [0, 0.1) is 0 Å². The van der Waals surface area contributed by atoms with Crippen LogP contribution < -0.4 is 0 Å². The van der Waals surface area contributed by atoms with Crippen molar-refractivity contribution in [2.24, 2.45) is 0 Å². The van der Waals surface area contributed by atoms with Crippen molar-refractivity contribution >= 4 is 17.7 Å². The topological polar surface area (TPSA) is 55.1 Å². The Labute approximate surface area is 132 Å². The Hall–Kier alpha value is -2.59. The molecule has 1 heterocycles. The molecule has 0 amide bonds. The largest absolute Gasteiger partial charge is 0.463 e.